The summed E-state index contributed by atoms with van der Waals surface area (Å²) in [7, 11) is 0. The first kappa shape index (κ1) is 31.0. The second-order valence-corrected chi connectivity index (χ2v) is 15.2. The first-order valence-corrected chi connectivity index (χ1v) is 19.2. The van der Waals surface area contributed by atoms with Crippen molar-refractivity contribution in [3.8, 4) is 56.2 Å². The summed E-state index contributed by atoms with van der Waals surface area (Å²) < 4.78 is 0. The molecule has 0 N–H and O–H groups in total. The van der Waals surface area contributed by atoms with E-state index in [-0.39, 0.29) is 0 Å². The normalized spacial score (nSPS) is 13.3. The Morgan fingerprint density at radius 2 is 0.889 bits per heavy atom. The summed E-state index contributed by atoms with van der Waals surface area (Å²) in [5, 5.41) is 2.41. The Labute approximate surface area is 318 Å². The quantitative estimate of drug-likeness (QED) is 0.182. The van der Waals surface area contributed by atoms with Gasteiger partial charge in [-0.2, -0.15) is 0 Å². The zero-order valence-corrected chi connectivity index (χ0v) is 30.1. The van der Waals surface area contributed by atoms with Crippen molar-refractivity contribution in [1.82, 2.24) is 9.97 Å². The molecule has 3 heteroatoms. The number of nitrogens with zero attached hydrogens (tertiary/aromatic N) is 2. The van der Waals surface area contributed by atoms with Gasteiger partial charge >= 0.3 is 0 Å². The average molecular weight is 705 g/mol. The highest BCUT2D eigenvalue weighted by atomic mass is 32.2. The smallest absolute Gasteiger partial charge is 0.160 e. The molecule has 0 fully saturated rings. The molecule has 1 aromatic heterocycles. The van der Waals surface area contributed by atoms with Gasteiger partial charge in [0.2, 0.25) is 0 Å². The minimum atomic E-state index is -0.398. The maximum atomic E-state index is 5.16. The molecule has 8 aromatic carbocycles. The summed E-state index contributed by atoms with van der Waals surface area (Å²) >= 11 is 1.88. The fourth-order valence-corrected chi connectivity index (χ4v) is 9.85. The summed E-state index contributed by atoms with van der Waals surface area (Å²) in [5.41, 5.74) is 14.9. The molecule has 2 nitrogen and oxygen atoms in total. The molecule has 0 bridgehead atoms. The van der Waals surface area contributed by atoms with Crippen molar-refractivity contribution < 1.29 is 0 Å². The average Bonchev–Trinajstić information content (AvgIpc) is 3.54. The van der Waals surface area contributed by atoms with Gasteiger partial charge in [0, 0.05) is 26.5 Å². The standard InChI is InChI=1S/C51H32N2S/c1-2-13-35(14-3-1)46-32-47(39-27-24-33-12-4-5-15-37(33)30-39)53-50(52-46)36-25-22-34(23-26-36)38-28-29-49-45(31-38)51(44-20-10-11-21-48(44)54-49)42-18-8-6-16-40(42)41-17-7-9-19-43(41)51/h1-32H. The third-order valence-corrected chi connectivity index (χ3v) is 12.3. The van der Waals surface area contributed by atoms with Gasteiger partial charge in [-0.25, -0.2) is 9.97 Å². The van der Waals surface area contributed by atoms with Crippen LogP contribution in [0.15, 0.2) is 204 Å². The van der Waals surface area contributed by atoms with E-state index >= 15 is 0 Å². The second kappa shape index (κ2) is 12.3. The molecule has 2 aliphatic rings. The minimum Gasteiger partial charge on any atom is -0.228 e. The van der Waals surface area contributed by atoms with Crippen molar-refractivity contribution in [2.45, 2.75) is 15.2 Å². The van der Waals surface area contributed by atoms with E-state index in [1.807, 2.05) is 17.8 Å². The van der Waals surface area contributed by atoms with E-state index in [1.54, 1.807) is 0 Å². The first-order chi connectivity index (χ1) is 26.7. The Hall–Kier alpha value is -6.55. The summed E-state index contributed by atoms with van der Waals surface area (Å²) in [4.78, 5) is 12.9. The molecule has 0 amide bonds. The molecule has 0 radical (unpaired) electrons. The summed E-state index contributed by atoms with van der Waals surface area (Å²) in [6.07, 6.45) is 0. The lowest BCUT2D eigenvalue weighted by Crippen LogP contribution is -2.32. The number of aromatic nitrogens is 2. The summed E-state index contributed by atoms with van der Waals surface area (Å²) in [6.45, 7) is 0. The number of rotatable bonds is 4. The van der Waals surface area contributed by atoms with Gasteiger partial charge in [-0.3, -0.25) is 0 Å². The molecular weight excluding hydrogens is 673 g/mol. The van der Waals surface area contributed by atoms with Crippen molar-refractivity contribution >= 4 is 22.5 Å². The number of fused-ring (bicyclic) bond motifs is 10. The van der Waals surface area contributed by atoms with Crippen LogP contribution in [0.2, 0.25) is 0 Å². The number of hydrogen-bond acceptors (Lipinski definition) is 3. The van der Waals surface area contributed by atoms with Crippen molar-refractivity contribution in [3.05, 3.63) is 216 Å². The highest BCUT2D eigenvalue weighted by molar-refractivity contribution is 7.99. The minimum absolute atomic E-state index is 0.398. The third kappa shape index (κ3) is 4.75. The molecule has 1 spiro atoms. The van der Waals surface area contributed by atoms with E-state index in [9.17, 15) is 0 Å². The first-order valence-electron chi connectivity index (χ1n) is 18.4. The highest BCUT2D eigenvalue weighted by Gasteiger charge is 2.50. The maximum Gasteiger partial charge on any atom is 0.160 e. The molecule has 0 atom stereocenters. The Morgan fingerprint density at radius 3 is 1.65 bits per heavy atom. The maximum absolute atomic E-state index is 5.16. The predicted octanol–water partition coefficient (Wildman–Crippen LogP) is 13.1. The molecule has 2 heterocycles. The van der Waals surface area contributed by atoms with Crippen LogP contribution in [0.3, 0.4) is 0 Å². The highest BCUT2D eigenvalue weighted by Crippen LogP contribution is 2.62. The zero-order valence-electron chi connectivity index (χ0n) is 29.3. The molecule has 252 valence electrons. The zero-order chi connectivity index (χ0) is 35.6. The summed E-state index contributed by atoms with van der Waals surface area (Å²) in [6, 6.07) is 70.3. The Bertz CT molecular complexity index is 2870. The SMILES string of the molecule is c1ccc(-c2cc(-c3ccc4ccccc4c3)nc(-c3ccc(-c4ccc5c(c4)C4(c6ccccc6S5)c5ccccc5-c5ccccc54)cc3)n2)cc1. The lowest BCUT2D eigenvalue weighted by molar-refractivity contribution is 0.723. The predicted molar refractivity (Wildman–Crippen MR) is 223 cm³/mol. The van der Waals surface area contributed by atoms with Gasteiger partial charge in [-0.05, 0) is 85.6 Å². The van der Waals surface area contributed by atoms with Crippen LogP contribution in [0.1, 0.15) is 22.3 Å². The molecular formula is C51H32N2S. The van der Waals surface area contributed by atoms with Crippen molar-refractivity contribution in [2.24, 2.45) is 0 Å². The van der Waals surface area contributed by atoms with E-state index in [0.29, 0.717) is 5.82 Å². The molecule has 0 saturated carbocycles. The lowest BCUT2D eigenvalue weighted by atomic mass is 9.67. The van der Waals surface area contributed by atoms with E-state index in [4.69, 9.17) is 9.97 Å². The fraction of sp³-hybridized carbons (Fsp3) is 0.0196. The molecule has 0 saturated heterocycles. The van der Waals surface area contributed by atoms with Crippen molar-refractivity contribution in [3.63, 3.8) is 0 Å². The van der Waals surface area contributed by atoms with E-state index < -0.39 is 5.41 Å². The van der Waals surface area contributed by atoms with Gasteiger partial charge in [-0.1, -0.05) is 176 Å². The Balaban J connectivity index is 1.04. The van der Waals surface area contributed by atoms with Crippen LogP contribution < -0.4 is 0 Å². The molecule has 1 aliphatic carbocycles. The van der Waals surface area contributed by atoms with Gasteiger partial charge in [0.25, 0.3) is 0 Å². The van der Waals surface area contributed by atoms with Gasteiger partial charge in [0.05, 0.1) is 16.8 Å². The Kier molecular flexibility index (Phi) is 7.05. The van der Waals surface area contributed by atoms with Crippen LogP contribution in [0.4, 0.5) is 0 Å². The number of benzene rings is 8. The van der Waals surface area contributed by atoms with Crippen molar-refractivity contribution in [1.29, 1.82) is 0 Å². The second-order valence-electron chi connectivity index (χ2n) is 14.1. The number of hydrogen-bond donors (Lipinski definition) is 0. The van der Waals surface area contributed by atoms with Crippen LogP contribution >= 0.6 is 11.8 Å². The van der Waals surface area contributed by atoms with Gasteiger partial charge in [0.1, 0.15) is 0 Å². The van der Waals surface area contributed by atoms with Crippen LogP contribution in [0.25, 0.3) is 66.9 Å². The van der Waals surface area contributed by atoms with Crippen LogP contribution in [-0.4, -0.2) is 9.97 Å². The molecule has 54 heavy (non-hydrogen) atoms. The molecule has 11 rings (SSSR count). The van der Waals surface area contributed by atoms with E-state index in [1.165, 1.54) is 59.5 Å². The molecule has 9 aromatic rings. The summed E-state index contributed by atoms with van der Waals surface area (Å²) in [5.74, 6) is 0.711. The monoisotopic (exact) mass is 704 g/mol. The van der Waals surface area contributed by atoms with Crippen LogP contribution in [0, 0.1) is 0 Å². The van der Waals surface area contributed by atoms with Crippen molar-refractivity contribution in [2.75, 3.05) is 0 Å². The lowest BCUT2D eigenvalue weighted by Gasteiger charge is -2.40. The van der Waals surface area contributed by atoms with Gasteiger partial charge in [0.15, 0.2) is 5.82 Å². The molecule has 0 unspecified atom stereocenters. The molecule has 1 aliphatic heterocycles. The van der Waals surface area contributed by atoms with Crippen LogP contribution in [-0.2, 0) is 5.41 Å². The van der Waals surface area contributed by atoms with Gasteiger partial charge in [-0.15, -0.1) is 0 Å². The van der Waals surface area contributed by atoms with Gasteiger partial charge < -0.3 is 0 Å². The largest absolute Gasteiger partial charge is 0.228 e. The topological polar surface area (TPSA) is 25.8 Å². The Morgan fingerprint density at radius 1 is 0.333 bits per heavy atom. The third-order valence-electron chi connectivity index (χ3n) is 11.2. The van der Waals surface area contributed by atoms with E-state index in [0.717, 1.165) is 33.6 Å². The van der Waals surface area contributed by atoms with Crippen LogP contribution in [0.5, 0.6) is 0 Å². The van der Waals surface area contributed by atoms with E-state index in [2.05, 4.69) is 188 Å². The fourth-order valence-electron chi connectivity index (χ4n) is 8.68.